The molecule has 1 saturated carbocycles. The SMILES string of the molecule is Cc1cc([C@@H](C)N[S@+]([O-])C(C)(C)C)c2nc(C3CC3)n(C)c(=O)c2c1. The first-order valence-corrected chi connectivity index (χ1v) is 9.94. The molecule has 0 spiro atoms. The lowest BCUT2D eigenvalue weighted by atomic mass is 10.0. The zero-order chi connectivity index (χ0) is 18.5. The van der Waals surface area contributed by atoms with Gasteiger partial charge in [0.1, 0.15) is 10.6 Å². The van der Waals surface area contributed by atoms with Crippen molar-refractivity contribution in [2.45, 2.75) is 64.2 Å². The molecule has 0 amide bonds. The fourth-order valence-electron chi connectivity index (χ4n) is 3.01. The maximum Gasteiger partial charge on any atom is 0.261 e. The van der Waals surface area contributed by atoms with Crippen LogP contribution in [-0.4, -0.2) is 18.9 Å². The molecule has 1 fully saturated rings. The first-order valence-electron chi connectivity index (χ1n) is 8.79. The summed E-state index contributed by atoms with van der Waals surface area (Å²) in [5.74, 6) is 1.26. The summed E-state index contributed by atoms with van der Waals surface area (Å²) in [7, 11) is 1.81. The van der Waals surface area contributed by atoms with E-state index in [0.717, 1.165) is 35.3 Å². The van der Waals surface area contributed by atoms with Crippen LogP contribution in [0.2, 0.25) is 0 Å². The van der Waals surface area contributed by atoms with Crippen LogP contribution in [-0.2, 0) is 18.4 Å². The molecule has 2 atom stereocenters. The Morgan fingerprint density at radius 2 is 2.00 bits per heavy atom. The molecule has 25 heavy (non-hydrogen) atoms. The summed E-state index contributed by atoms with van der Waals surface area (Å²) in [4.78, 5) is 17.7. The largest absolute Gasteiger partial charge is 0.598 e. The molecule has 136 valence electrons. The molecule has 2 aromatic rings. The molecule has 0 aliphatic heterocycles. The maximum absolute atomic E-state index is 12.8. The van der Waals surface area contributed by atoms with E-state index in [2.05, 4.69) is 4.72 Å². The van der Waals surface area contributed by atoms with Crippen LogP contribution in [0.1, 0.15) is 69.4 Å². The Labute approximate surface area is 152 Å². The molecule has 6 heteroatoms. The highest BCUT2D eigenvalue weighted by atomic mass is 32.2. The fourth-order valence-corrected chi connectivity index (χ4v) is 3.81. The van der Waals surface area contributed by atoms with E-state index >= 15 is 0 Å². The van der Waals surface area contributed by atoms with Crippen molar-refractivity contribution in [3.63, 3.8) is 0 Å². The van der Waals surface area contributed by atoms with Crippen LogP contribution < -0.4 is 10.3 Å². The van der Waals surface area contributed by atoms with Gasteiger partial charge in [0.15, 0.2) is 0 Å². The van der Waals surface area contributed by atoms with Gasteiger partial charge in [-0.15, -0.1) is 4.72 Å². The number of rotatable bonds is 4. The summed E-state index contributed by atoms with van der Waals surface area (Å²) in [5.41, 5.74) is 2.69. The summed E-state index contributed by atoms with van der Waals surface area (Å²) in [6.45, 7) is 9.78. The second kappa shape index (κ2) is 6.41. The smallest absolute Gasteiger partial charge is 0.261 e. The van der Waals surface area contributed by atoms with Crippen LogP contribution in [0, 0.1) is 6.92 Å². The second-order valence-corrected chi connectivity index (χ2v) is 10.1. The first kappa shape index (κ1) is 18.4. The minimum absolute atomic E-state index is 0.000920. The lowest BCUT2D eigenvalue weighted by Gasteiger charge is -2.27. The van der Waals surface area contributed by atoms with Gasteiger partial charge in [0.2, 0.25) is 0 Å². The number of hydrogen-bond acceptors (Lipinski definition) is 4. The van der Waals surface area contributed by atoms with Crippen LogP contribution in [0.25, 0.3) is 10.9 Å². The minimum Gasteiger partial charge on any atom is -0.598 e. The maximum atomic E-state index is 12.8. The molecule has 0 saturated heterocycles. The van der Waals surface area contributed by atoms with Crippen molar-refractivity contribution in [2.75, 3.05) is 0 Å². The Morgan fingerprint density at radius 3 is 2.56 bits per heavy atom. The third-order valence-corrected chi connectivity index (χ3v) is 6.32. The molecule has 1 heterocycles. The summed E-state index contributed by atoms with van der Waals surface area (Å²) in [6, 6.07) is 3.79. The van der Waals surface area contributed by atoms with Gasteiger partial charge in [-0.3, -0.25) is 9.36 Å². The van der Waals surface area contributed by atoms with Crippen LogP contribution in [0.5, 0.6) is 0 Å². The molecule has 1 aromatic carbocycles. The molecule has 0 bridgehead atoms. The number of fused-ring (bicyclic) bond motifs is 1. The summed E-state index contributed by atoms with van der Waals surface area (Å²) >= 11 is -1.19. The van der Waals surface area contributed by atoms with Crippen LogP contribution in [0.4, 0.5) is 0 Å². The van der Waals surface area contributed by atoms with E-state index in [1.807, 2.05) is 46.8 Å². The normalized spacial score (nSPS) is 17.7. The van der Waals surface area contributed by atoms with Crippen LogP contribution in [0.15, 0.2) is 16.9 Å². The predicted octanol–water partition coefficient (Wildman–Crippen LogP) is 3.23. The number of nitrogens with zero attached hydrogens (tertiary/aromatic N) is 2. The number of aromatic nitrogens is 2. The average Bonchev–Trinajstić information content (AvgIpc) is 3.34. The van der Waals surface area contributed by atoms with Crippen molar-refractivity contribution in [1.29, 1.82) is 0 Å². The Morgan fingerprint density at radius 1 is 1.36 bits per heavy atom. The van der Waals surface area contributed by atoms with Crippen molar-refractivity contribution >= 4 is 22.3 Å². The van der Waals surface area contributed by atoms with Gasteiger partial charge in [0.25, 0.3) is 5.56 Å². The lowest BCUT2D eigenvalue weighted by molar-refractivity contribution is 0.531. The fraction of sp³-hybridized carbons (Fsp3) is 0.579. The van der Waals surface area contributed by atoms with Crippen LogP contribution >= 0.6 is 0 Å². The molecule has 5 nitrogen and oxygen atoms in total. The zero-order valence-corrected chi connectivity index (χ0v) is 16.7. The summed E-state index contributed by atoms with van der Waals surface area (Å²) in [6.07, 6.45) is 2.18. The average molecular weight is 362 g/mol. The van der Waals surface area contributed by atoms with Gasteiger partial charge >= 0.3 is 0 Å². The first-order chi connectivity index (χ1) is 11.6. The molecule has 1 N–H and O–H groups in total. The molecule has 0 unspecified atom stereocenters. The van der Waals surface area contributed by atoms with Gasteiger partial charge in [-0.1, -0.05) is 6.07 Å². The van der Waals surface area contributed by atoms with Gasteiger partial charge in [-0.2, -0.15) is 0 Å². The number of hydrogen-bond donors (Lipinski definition) is 1. The van der Waals surface area contributed by atoms with Gasteiger partial charge in [-0.05, 0) is 59.1 Å². The summed E-state index contributed by atoms with van der Waals surface area (Å²) < 4.78 is 17.0. The van der Waals surface area contributed by atoms with Crippen molar-refractivity contribution in [3.8, 4) is 0 Å². The Kier molecular flexibility index (Phi) is 4.73. The molecule has 3 rings (SSSR count). The van der Waals surface area contributed by atoms with Gasteiger partial charge < -0.3 is 4.55 Å². The van der Waals surface area contributed by atoms with Gasteiger partial charge in [-0.25, -0.2) is 4.98 Å². The highest BCUT2D eigenvalue weighted by molar-refractivity contribution is 7.90. The van der Waals surface area contributed by atoms with E-state index in [-0.39, 0.29) is 16.3 Å². The van der Waals surface area contributed by atoms with Crippen molar-refractivity contribution in [2.24, 2.45) is 7.05 Å². The molecule has 0 radical (unpaired) electrons. The topological polar surface area (TPSA) is 70.0 Å². The van der Waals surface area contributed by atoms with E-state index in [0.29, 0.717) is 11.3 Å². The quantitative estimate of drug-likeness (QED) is 0.849. The van der Waals surface area contributed by atoms with E-state index in [1.54, 1.807) is 11.6 Å². The molecule has 1 aliphatic carbocycles. The van der Waals surface area contributed by atoms with Crippen LogP contribution in [0.3, 0.4) is 0 Å². The highest BCUT2D eigenvalue weighted by Gasteiger charge is 2.31. The monoisotopic (exact) mass is 361 g/mol. The molecule has 1 aromatic heterocycles. The number of aryl methyl sites for hydroxylation is 1. The van der Waals surface area contributed by atoms with Gasteiger partial charge in [0, 0.05) is 29.9 Å². The second-order valence-electron chi connectivity index (χ2n) is 8.08. The van der Waals surface area contributed by atoms with E-state index in [4.69, 9.17) is 4.98 Å². The molecule has 1 aliphatic rings. The van der Waals surface area contributed by atoms with E-state index in [9.17, 15) is 9.35 Å². The molecular weight excluding hydrogens is 334 g/mol. The molecular formula is C19H27N3O2S. The number of benzene rings is 1. The third kappa shape index (κ3) is 3.61. The Hall–Kier alpha value is -1.37. The van der Waals surface area contributed by atoms with Crippen molar-refractivity contribution in [3.05, 3.63) is 39.4 Å². The number of nitrogens with one attached hydrogen (secondary N) is 1. The van der Waals surface area contributed by atoms with Crippen molar-refractivity contribution in [1.82, 2.24) is 14.3 Å². The third-order valence-electron chi connectivity index (χ3n) is 4.64. The lowest BCUT2D eigenvalue weighted by Crippen LogP contribution is -2.40. The van der Waals surface area contributed by atoms with Gasteiger partial charge in [0.05, 0.1) is 16.9 Å². The minimum atomic E-state index is -1.19. The Balaban J connectivity index is 2.12. The van der Waals surface area contributed by atoms with E-state index in [1.165, 1.54) is 0 Å². The summed E-state index contributed by atoms with van der Waals surface area (Å²) in [5, 5.41) is 0.636. The predicted molar refractivity (Wildman–Crippen MR) is 103 cm³/mol. The van der Waals surface area contributed by atoms with Crippen molar-refractivity contribution < 1.29 is 4.55 Å². The highest BCUT2D eigenvalue weighted by Crippen LogP contribution is 2.39. The Bertz CT molecular complexity index is 866. The standard InChI is InChI=1S/C19H27N3O2S/c1-11-9-14(12(2)21-25(24)19(3,4)5)16-15(10-11)18(23)22(6)17(20-16)13-7-8-13/h9-10,12-13,21H,7-8H2,1-6H3/t12-,25-/m1/s1. The van der Waals surface area contributed by atoms with E-state index < -0.39 is 11.4 Å². The zero-order valence-electron chi connectivity index (χ0n) is 15.8.